The van der Waals surface area contributed by atoms with Gasteiger partial charge in [0, 0.05) is 41.6 Å². The van der Waals surface area contributed by atoms with Gasteiger partial charge in [0.1, 0.15) is 5.82 Å². The van der Waals surface area contributed by atoms with Crippen LogP contribution in [0.2, 0.25) is 0 Å². The maximum absolute atomic E-state index is 12.3. The molecule has 0 aliphatic carbocycles. The fourth-order valence-corrected chi connectivity index (χ4v) is 2.70. The summed E-state index contributed by atoms with van der Waals surface area (Å²) in [6.45, 7) is 0.441. The monoisotopic (exact) mass is 328 g/mol. The molecule has 0 spiro atoms. The van der Waals surface area contributed by atoms with Gasteiger partial charge in [0.05, 0.1) is 5.52 Å². The smallest absolute Gasteiger partial charge is 0.251 e. The van der Waals surface area contributed by atoms with Gasteiger partial charge in [-0.05, 0) is 29.8 Å². The van der Waals surface area contributed by atoms with Crippen molar-refractivity contribution in [2.45, 2.75) is 6.54 Å². The number of imidazole rings is 1. The van der Waals surface area contributed by atoms with Crippen molar-refractivity contribution in [3.05, 3.63) is 84.3 Å². The van der Waals surface area contributed by atoms with Gasteiger partial charge in [0.25, 0.3) is 5.91 Å². The number of benzene rings is 2. The quantitative estimate of drug-likeness (QED) is 0.602. The Bertz CT molecular complexity index is 1010. The fourth-order valence-electron chi connectivity index (χ4n) is 2.70. The molecule has 0 saturated heterocycles. The molecule has 5 heteroatoms. The Balaban J connectivity index is 1.44. The zero-order chi connectivity index (χ0) is 17.1. The number of rotatable bonds is 4. The second kappa shape index (κ2) is 6.57. The Kier molecular flexibility index (Phi) is 3.96. The van der Waals surface area contributed by atoms with Gasteiger partial charge in [-0.3, -0.25) is 9.78 Å². The van der Waals surface area contributed by atoms with Crippen molar-refractivity contribution < 1.29 is 4.79 Å². The molecule has 0 aliphatic heterocycles. The second-order valence-electron chi connectivity index (χ2n) is 5.73. The number of para-hydroxylation sites is 1. The second-order valence-corrected chi connectivity index (χ2v) is 5.73. The van der Waals surface area contributed by atoms with Gasteiger partial charge in [0.2, 0.25) is 0 Å². The molecule has 2 heterocycles. The normalized spacial score (nSPS) is 10.7. The van der Waals surface area contributed by atoms with Crippen LogP contribution in [-0.2, 0) is 6.54 Å². The van der Waals surface area contributed by atoms with E-state index in [9.17, 15) is 4.79 Å². The van der Waals surface area contributed by atoms with Crippen LogP contribution in [-0.4, -0.2) is 20.9 Å². The van der Waals surface area contributed by atoms with E-state index in [4.69, 9.17) is 0 Å². The summed E-state index contributed by atoms with van der Waals surface area (Å²) in [6.07, 6.45) is 5.27. The Morgan fingerprint density at radius 2 is 1.88 bits per heavy atom. The molecule has 0 atom stereocenters. The number of nitrogens with zero attached hydrogens (tertiary/aromatic N) is 2. The molecule has 2 aromatic carbocycles. The highest BCUT2D eigenvalue weighted by atomic mass is 16.1. The molecule has 0 saturated carbocycles. The lowest BCUT2D eigenvalue weighted by molar-refractivity contribution is 0.0951. The number of H-pyrrole nitrogens is 1. The van der Waals surface area contributed by atoms with Crippen molar-refractivity contribution in [2.24, 2.45) is 0 Å². The van der Waals surface area contributed by atoms with Crippen LogP contribution in [0.4, 0.5) is 0 Å². The number of hydrogen-bond donors (Lipinski definition) is 2. The van der Waals surface area contributed by atoms with E-state index in [0.717, 1.165) is 27.9 Å². The molecule has 0 bridgehead atoms. The average Bonchev–Trinajstić information content (AvgIpc) is 3.21. The lowest BCUT2D eigenvalue weighted by Gasteiger charge is -2.07. The van der Waals surface area contributed by atoms with Crippen LogP contribution in [0.5, 0.6) is 0 Å². The largest absolute Gasteiger partial charge is 0.348 e. The molecule has 4 rings (SSSR count). The molecule has 1 amide bonds. The van der Waals surface area contributed by atoms with Crippen LogP contribution in [0.25, 0.3) is 22.3 Å². The number of carbonyl (C=O) groups is 1. The summed E-state index contributed by atoms with van der Waals surface area (Å²) in [5.74, 6) is 0.674. The van der Waals surface area contributed by atoms with Gasteiger partial charge < -0.3 is 10.3 Å². The minimum absolute atomic E-state index is 0.112. The Hall–Kier alpha value is -3.47. The van der Waals surface area contributed by atoms with Gasteiger partial charge in [-0.2, -0.15) is 0 Å². The molecular formula is C20H16N4O. The molecule has 4 aromatic rings. The van der Waals surface area contributed by atoms with E-state index >= 15 is 0 Å². The first-order valence-corrected chi connectivity index (χ1v) is 8.01. The van der Waals surface area contributed by atoms with E-state index in [1.54, 1.807) is 30.7 Å². The molecule has 0 fully saturated rings. The summed E-state index contributed by atoms with van der Waals surface area (Å²) >= 11 is 0. The lowest BCUT2D eigenvalue weighted by atomic mass is 10.1. The molecule has 2 N–H and O–H groups in total. The summed E-state index contributed by atoms with van der Waals surface area (Å²) in [5.41, 5.74) is 3.48. The van der Waals surface area contributed by atoms with Gasteiger partial charge in [0.15, 0.2) is 0 Å². The first kappa shape index (κ1) is 15.1. The maximum Gasteiger partial charge on any atom is 0.251 e. The number of amides is 1. The maximum atomic E-state index is 12.3. The van der Waals surface area contributed by atoms with Crippen LogP contribution in [0.1, 0.15) is 15.9 Å². The molecule has 25 heavy (non-hydrogen) atoms. The highest BCUT2D eigenvalue weighted by Crippen LogP contribution is 2.15. The first-order chi connectivity index (χ1) is 12.3. The van der Waals surface area contributed by atoms with Crippen molar-refractivity contribution in [3.63, 3.8) is 0 Å². The van der Waals surface area contributed by atoms with Crippen molar-refractivity contribution in [2.75, 3.05) is 0 Å². The van der Waals surface area contributed by atoms with E-state index in [1.165, 1.54) is 0 Å². The summed E-state index contributed by atoms with van der Waals surface area (Å²) in [7, 11) is 0. The molecule has 122 valence electrons. The number of fused-ring (bicyclic) bond motifs is 1. The van der Waals surface area contributed by atoms with Gasteiger partial charge in [-0.1, -0.05) is 30.3 Å². The van der Waals surface area contributed by atoms with Gasteiger partial charge >= 0.3 is 0 Å². The average molecular weight is 328 g/mol. The minimum Gasteiger partial charge on any atom is -0.348 e. The third-order valence-electron chi connectivity index (χ3n) is 4.02. The number of aromatic amines is 1. The highest BCUT2D eigenvalue weighted by molar-refractivity contribution is 5.94. The SMILES string of the molecule is O=C(NCc1cnc2ccccc2c1)c1ccc(-c2ncc[nH]2)cc1. The number of nitrogens with one attached hydrogen (secondary N) is 2. The van der Waals surface area contributed by atoms with Crippen LogP contribution in [0, 0.1) is 0 Å². The Morgan fingerprint density at radius 3 is 2.68 bits per heavy atom. The Labute approximate surface area is 144 Å². The van der Waals surface area contributed by atoms with Crippen LogP contribution < -0.4 is 5.32 Å². The summed E-state index contributed by atoms with van der Waals surface area (Å²) < 4.78 is 0. The number of hydrogen-bond acceptors (Lipinski definition) is 3. The first-order valence-electron chi connectivity index (χ1n) is 8.01. The van der Waals surface area contributed by atoms with E-state index in [0.29, 0.717) is 12.1 Å². The third kappa shape index (κ3) is 3.26. The molecule has 2 aromatic heterocycles. The topological polar surface area (TPSA) is 70.7 Å². The predicted octanol–water partition coefficient (Wildman–Crippen LogP) is 3.55. The fraction of sp³-hybridized carbons (Fsp3) is 0.0500. The van der Waals surface area contributed by atoms with Crippen molar-refractivity contribution in [3.8, 4) is 11.4 Å². The molecular weight excluding hydrogens is 312 g/mol. The molecule has 0 unspecified atom stereocenters. The zero-order valence-corrected chi connectivity index (χ0v) is 13.4. The van der Waals surface area contributed by atoms with Crippen LogP contribution in [0.3, 0.4) is 0 Å². The molecule has 0 radical (unpaired) electrons. The third-order valence-corrected chi connectivity index (χ3v) is 4.02. The van der Waals surface area contributed by atoms with Crippen LogP contribution in [0.15, 0.2) is 73.2 Å². The van der Waals surface area contributed by atoms with Gasteiger partial charge in [-0.15, -0.1) is 0 Å². The van der Waals surface area contributed by atoms with Crippen molar-refractivity contribution in [1.29, 1.82) is 0 Å². The van der Waals surface area contributed by atoms with E-state index < -0.39 is 0 Å². The van der Waals surface area contributed by atoms with Crippen LogP contribution >= 0.6 is 0 Å². The number of pyridine rings is 1. The Morgan fingerprint density at radius 1 is 1.04 bits per heavy atom. The standard InChI is InChI=1S/C20H16N4O/c25-20(16-7-5-15(6-8-16)19-21-9-10-22-19)24-13-14-11-17-3-1-2-4-18(17)23-12-14/h1-12H,13H2,(H,21,22)(H,24,25). The van der Waals surface area contributed by atoms with Gasteiger partial charge in [-0.25, -0.2) is 4.98 Å². The molecule has 5 nitrogen and oxygen atoms in total. The minimum atomic E-state index is -0.112. The summed E-state index contributed by atoms with van der Waals surface area (Å²) in [6, 6.07) is 17.3. The number of aromatic nitrogens is 3. The zero-order valence-electron chi connectivity index (χ0n) is 13.4. The number of carbonyl (C=O) groups excluding carboxylic acids is 1. The van der Waals surface area contributed by atoms with E-state index in [-0.39, 0.29) is 5.91 Å². The van der Waals surface area contributed by atoms with E-state index in [1.807, 2.05) is 42.5 Å². The van der Waals surface area contributed by atoms with Crippen molar-refractivity contribution >= 4 is 16.8 Å². The summed E-state index contributed by atoms with van der Waals surface area (Å²) in [4.78, 5) is 24.0. The highest BCUT2D eigenvalue weighted by Gasteiger charge is 2.07. The lowest BCUT2D eigenvalue weighted by Crippen LogP contribution is -2.22. The van der Waals surface area contributed by atoms with E-state index in [2.05, 4.69) is 20.3 Å². The van der Waals surface area contributed by atoms with Crippen molar-refractivity contribution in [1.82, 2.24) is 20.3 Å². The molecule has 0 aliphatic rings. The predicted molar refractivity (Wildman–Crippen MR) is 96.9 cm³/mol. The summed E-state index contributed by atoms with van der Waals surface area (Å²) in [5, 5.41) is 4.00.